The summed E-state index contributed by atoms with van der Waals surface area (Å²) in [7, 11) is 0. The molecular formula is C9H17N3O. The minimum atomic E-state index is 0.371. The molecule has 2 saturated heterocycles. The van der Waals surface area contributed by atoms with E-state index in [9.17, 15) is 0 Å². The molecular weight excluding hydrogens is 166 g/mol. The lowest BCUT2D eigenvalue weighted by Crippen LogP contribution is -2.45. The van der Waals surface area contributed by atoms with E-state index in [0.29, 0.717) is 24.2 Å². The van der Waals surface area contributed by atoms with Gasteiger partial charge in [-0.15, -0.1) is 0 Å². The molecule has 0 aromatic carbocycles. The number of hydrogen-bond acceptors (Lipinski definition) is 2. The number of rotatable bonds is 2. The van der Waals surface area contributed by atoms with Crippen molar-refractivity contribution in [3.8, 4) is 0 Å². The summed E-state index contributed by atoms with van der Waals surface area (Å²) < 4.78 is 5.69. The van der Waals surface area contributed by atoms with Crippen molar-refractivity contribution < 1.29 is 4.74 Å². The van der Waals surface area contributed by atoms with E-state index >= 15 is 0 Å². The molecule has 0 spiro atoms. The number of aliphatic imine (C=N–C) groups is 1. The van der Waals surface area contributed by atoms with E-state index in [1.807, 2.05) is 6.92 Å². The first-order valence-electron chi connectivity index (χ1n) is 5.01. The monoisotopic (exact) mass is 183 g/mol. The summed E-state index contributed by atoms with van der Waals surface area (Å²) in [6.07, 6.45) is 4.31. The van der Waals surface area contributed by atoms with Gasteiger partial charge in [-0.3, -0.25) is 4.99 Å². The SMILES string of the molecule is CCN=C(N)NC1CC2CCC1O2. The Kier molecular flexibility index (Phi) is 2.40. The standard InChI is InChI=1S/C9H17N3O/c1-2-11-9(10)12-7-5-6-3-4-8(7)13-6/h6-8H,2-5H2,1H3,(H3,10,11,12). The van der Waals surface area contributed by atoms with Gasteiger partial charge in [-0.1, -0.05) is 0 Å². The fourth-order valence-corrected chi connectivity index (χ4v) is 2.20. The van der Waals surface area contributed by atoms with Crippen molar-refractivity contribution in [2.75, 3.05) is 6.54 Å². The molecule has 4 heteroatoms. The van der Waals surface area contributed by atoms with E-state index in [-0.39, 0.29) is 0 Å². The fraction of sp³-hybridized carbons (Fsp3) is 0.889. The predicted molar refractivity (Wildman–Crippen MR) is 51.6 cm³/mol. The molecule has 0 saturated carbocycles. The molecule has 2 bridgehead atoms. The molecule has 3 atom stereocenters. The number of nitrogens with two attached hydrogens (primary N) is 1. The van der Waals surface area contributed by atoms with Crippen molar-refractivity contribution >= 4 is 5.96 Å². The third-order valence-corrected chi connectivity index (χ3v) is 2.77. The van der Waals surface area contributed by atoms with Gasteiger partial charge >= 0.3 is 0 Å². The van der Waals surface area contributed by atoms with Crippen molar-refractivity contribution in [1.29, 1.82) is 0 Å². The molecule has 74 valence electrons. The molecule has 2 heterocycles. The van der Waals surface area contributed by atoms with Crippen molar-refractivity contribution in [2.45, 2.75) is 44.4 Å². The molecule has 4 nitrogen and oxygen atoms in total. The molecule has 3 unspecified atom stereocenters. The van der Waals surface area contributed by atoms with Gasteiger partial charge < -0.3 is 15.8 Å². The van der Waals surface area contributed by atoms with Crippen molar-refractivity contribution in [1.82, 2.24) is 5.32 Å². The average Bonchev–Trinajstić information content (AvgIpc) is 2.65. The van der Waals surface area contributed by atoms with E-state index in [0.717, 1.165) is 13.0 Å². The van der Waals surface area contributed by atoms with E-state index in [1.165, 1.54) is 12.8 Å². The lowest BCUT2D eigenvalue weighted by molar-refractivity contribution is 0.0993. The van der Waals surface area contributed by atoms with E-state index in [1.54, 1.807) is 0 Å². The summed E-state index contributed by atoms with van der Waals surface area (Å²) in [6.45, 7) is 2.71. The molecule has 2 aliphatic rings. The van der Waals surface area contributed by atoms with Crippen molar-refractivity contribution in [2.24, 2.45) is 10.7 Å². The van der Waals surface area contributed by atoms with Gasteiger partial charge in [0.05, 0.1) is 18.2 Å². The smallest absolute Gasteiger partial charge is 0.188 e. The molecule has 0 aromatic heterocycles. The average molecular weight is 183 g/mol. The zero-order valence-electron chi connectivity index (χ0n) is 7.99. The summed E-state index contributed by atoms with van der Waals surface area (Å²) >= 11 is 0. The quantitative estimate of drug-likeness (QED) is 0.476. The minimum Gasteiger partial charge on any atom is -0.373 e. The Bertz CT molecular complexity index is 217. The minimum absolute atomic E-state index is 0.371. The number of nitrogens with zero attached hydrogens (tertiary/aromatic N) is 1. The predicted octanol–water partition coefficient (Wildman–Crippen LogP) is 0.230. The summed E-state index contributed by atoms with van der Waals surface area (Å²) in [5.41, 5.74) is 5.68. The van der Waals surface area contributed by atoms with Crippen LogP contribution in [0.2, 0.25) is 0 Å². The summed E-state index contributed by atoms with van der Waals surface area (Å²) in [5.74, 6) is 0.559. The van der Waals surface area contributed by atoms with Gasteiger partial charge in [0.25, 0.3) is 0 Å². The van der Waals surface area contributed by atoms with Crippen LogP contribution < -0.4 is 11.1 Å². The van der Waals surface area contributed by atoms with Gasteiger partial charge in [0.2, 0.25) is 0 Å². The van der Waals surface area contributed by atoms with Crippen LogP contribution in [0.15, 0.2) is 4.99 Å². The van der Waals surface area contributed by atoms with Crippen LogP contribution in [0.25, 0.3) is 0 Å². The van der Waals surface area contributed by atoms with Gasteiger partial charge in [0.1, 0.15) is 0 Å². The Morgan fingerprint density at radius 1 is 1.62 bits per heavy atom. The lowest BCUT2D eigenvalue weighted by atomic mass is 9.96. The molecule has 0 aromatic rings. The summed E-state index contributed by atoms with van der Waals surface area (Å²) in [4.78, 5) is 4.10. The molecule has 13 heavy (non-hydrogen) atoms. The molecule has 0 amide bonds. The Morgan fingerprint density at radius 3 is 3.00 bits per heavy atom. The number of ether oxygens (including phenoxy) is 1. The topological polar surface area (TPSA) is 59.6 Å². The van der Waals surface area contributed by atoms with Gasteiger partial charge in [0.15, 0.2) is 5.96 Å². The van der Waals surface area contributed by atoms with Crippen LogP contribution in [0.5, 0.6) is 0 Å². The van der Waals surface area contributed by atoms with Crippen LogP contribution in [0, 0.1) is 0 Å². The fourth-order valence-electron chi connectivity index (χ4n) is 2.20. The molecule has 2 aliphatic heterocycles. The van der Waals surface area contributed by atoms with Gasteiger partial charge in [-0.25, -0.2) is 0 Å². The number of guanidine groups is 1. The number of hydrogen-bond donors (Lipinski definition) is 2. The highest BCUT2D eigenvalue weighted by Crippen LogP contribution is 2.34. The van der Waals surface area contributed by atoms with E-state index in [4.69, 9.17) is 10.5 Å². The third kappa shape index (κ3) is 1.77. The Labute approximate surface area is 78.5 Å². The third-order valence-electron chi connectivity index (χ3n) is 2.77. The maximum Gasteiger partial charge on any atom is 0.188 e. The summed E-state index contributed by atoms with van der Waals surface area (Å²) in [5, 5.41) is 3.21. The first-order chi connectivity index (χ1) is 6.29. The van der Waals surface area contributed by atoms with E-state index in [2.05, 4.69) is 10.3 Å². The maximum absolute atomic E-state index is 5.69. The highest BCUT2D eigenvalue weighted by Gasteiger charge is 2.40. The van der Waals surface area contributed by atoms with E-state index < -0.39 is 0 Å². The lowest BCUT2D eigenvalue weighted by Gasteiger charge is -2.20. The highest BCUT2D eigenvalue weighted by molar-refractivity contribution is 5.78. The Morgan fingerprint density at radius 2 is 2.46 bits per heavy atom. The number of nitrogens with one attached hydrogen (secondary N) is 1. The first kappa shape index (κ1) is 8.81. The van der Waals surface area contributed by atoms with Crippen LogP contribution in [-0.2, 0) is 4.74 Å². The first-order valence-corrected chi connectivity index (χ1v) is 5.01. The van der Waals surface area contributed by atoms with Crippen LogP contribution in [0.3, 0.4) is 0 Å². The van der Waals surface area contributed by atoms with Gasteiger partial charge in [-0.05, 0) is 26.2 Å². The van der Waals surface area contributed by atoms with Gasteiger partial charge in [-0.2, -0.15) is 0 Å². The zero-order chi connectivity index (χ0) is 9.26. The van der Waals surface area contributed by atoms with Crippen molar-refractivity contribution in [3.05, 3.63) is 0 Å². The maximum atomic E-state index is 5.69. The van der Waals surface area contributed by atoms with Crippen LogP contribution in [0.4, 0.5) is 0 Å². The largest absolute Gasteiger partial charge is 0.373 e. The second-order valence-electron chi connectivity index (χ2n) is 3.72. The molecule has 0 aliphatic carbocycles. The zero-order valence-corrected chi connectivity index (χ0v) is 7.99. The summed E-state index contributed by atoms with van der Waals surface area (Å²) in [6, 6.07) is 0.397. The number of fused-ring (bicyclic) bond motifs is 2. The molecule has 0 radical (unpaired) electrons. The highest BCUT2D eigenvalue weighted by atomic mass is 16.5. The van der Waals surface area contributed by atoms with Crippen LogP contribution in [-0.4, -0.2) is 30.8 Å². The second-order valence-corrected chi connectivity index (χ2v) is 3.72. The van der Waals surface area contributed by atoms with Crippen LogP contribution in [0.1, 0.15) is 26.2 Å². The Hall–Kier alpha value is -0.770. The van der Waals surface area contributed by atoms with Gasteiger partial charge in [0, 0.05) is 6.54 Å². The Balaban J connectivity index is 1.86. The van der Waals surface area contributed by atoms with Crippen LogP contribution >= 0.6 is 0 Å². The molecule has 3 N–H and O–H groups in total. The molecule has 2 fully saturated rings. The van der Waals surface area contributed by atoms with Crippen molar-refractivity contribution in [3.63, 3.8) is 0 Å². The second kappa shape index (κ2) is 3.54. The normalized spacial score (nSPS) is 38.2. The molecule has 2 rings (SSSR count).